The highest BCUT2D eigenvalue weighted by atomic mass is 79.9. The molecule has 0 fully saturated rings. The Hall–Kier alpha value is -1.39. The van der Waals surface area contributed by atoms with Gasteiger partial charge in [-0.25, -0.2) is 0 Å². The third kappa shape index (κ3) is 3.63. The quantitative estimate of drug-likeness (QED) is 0.775. The minimum Gasteiger partial charge on any atom is -0.497 e. The smallest absolute Gasteiger partial charge is 0.127 e. The zero-order valence-electron chi connectivity index (χ0n) is 12.1. The molecule has 1 atom stereocenters. The van der Waals surface area contributed by atoms with E-state index in [0.29, 0.717) is 5.02 Å². The Labute approximate surface area is 138 Å². The highest BCUT2D eigenvalue weighted by Gasteiger charge is 2.14. The van der Waals surface area contributed by atoms with Gasteiger partial charge in [0.2, 0.25) is 0 Å². The van der Waals surface area contributed by atoms with Gasteiger partial charge in [-0.1, -0.05) is 17.7 Å². The maximum Gasteiger partial charge on any atom is 0.127 e. The van der Waals surface area contributed by atoms with Gasteiger partial charge in [0.05, 0.1) is 35.4 Å². The number of benzene rings is 2. The van der Waals surface area contributed by atoms with Gasteiger partial charge in [-0.05, 0) is 47.1 Å². The molecule has 5 heteroatoms. The lowest BCUT2D eigenvalue weighted by Gasteiger charge is -2.20. The van der Waals surface area contributed by atoms with E-state index in [9.17, 15) is 0 Å². The van der Waals surface area contributed by atoms with Crippen LogP contribution in [0.3, 0.4) is 0 Å². The van der Waals surface area contributed by atoms with Gasteiger partial charge in [-0.15, -0.1) is 0 Å². The molecule has 0 saturated heterocycles. The molecule has 0 radical (unpaired) electrons. The van der Waals surface area contributed by atoms with E-state index in [1.165, 1.54) is 0 Å². The standard InChI is InChI=1S/C16H17BrClNO2/c1-10(19-14-6-4-5-13(18)16(14)17)12-8-7-11(20-2)9-15(12)21-3/h4-10,19H,1-3H3. The number of rotatable bonds is 5. The Morgan fingerprint density at radius 1 is 1.14 bits per heavy atom. The lowest BCUT2D eigenvalue weighted by molar-refractivity contribution is 0.390. The van der Waals surface area contributed by atoms with Gasteiger partial charge in [0.15, 0.2) is 0 Å². The van der Waals surface area contributed by atoms with Crippen molar-refractivity contribution in [2.45, 2.75) is 13.0 Å². The second kappa shape index (κ2) is 7.05. The minimum absolute atomic E-state index is 0.0561. The summed E-state index contributed by atoms with van der Waals surface area (Å²) in [6, 6.07) is 11.6. The summed E-state index contributed by atoms with van der Waals surface area (Å²) in [4.78, 5) is 0. The van der Waals surface area contributed by atoms with Crippen molar-refractivity contribution in [3.8, 4) is 11.5 Å². The molecule has 0 aliphatic heterocycles. The number of nitrogens with one attached hydrogen (secondary N) is 1. The Balaban J connectivity index is 2.28. The number of hydrogen-bond donors (Lipinski definition) is 1. The predicted octanol–water partition coefficient (Wildman–Crippen LogP) is 5.29. The van der Waals surface area contributed by atoms with E-state index in [-0.39, 0.29) is 6.04 Å². The fourth-order valence-corrected chi connectivity index (χ4v) is 2.66. The average Bonchev–Trinajstić information content (AvgIpc) is 2.51. The molecule has 1 N–H and O–H groups in total. The van der Waals surface area contributed by atoms with Crippen LogP contribution in [0.1, 0.15) is 18.5 Å². The molecular weight excluding hydrogens is 354 g/mol. The van der Waals surface area contributed by atoms with Crippen LogP contribution in [0.2, 0.25) is 5.02 Å². The van der Waals surface area contributed by atoms with E-state index in [1.807, 2.05) is 36.4 Å². The Morgan fingerprint density at radius 3 is 2.57 bits per heavy atom. The highest BCUT2D eigenvalue weighted by molar-refractivity contribution is 9.10. The summed E-state index contributed by atoms with van der Waals surface area (Å²) in [7, 11) is 3.29. The van der Waals surface area contributed by atoms with Crippen LogP contribution in [-0.2, 0) is 0 Å². The van der Waals surface area contributed by atoms with Crippen molar-refractivity contribution in [2.24, 2.45) is 0 Å². The number of halogens is 2. The highest BCUT2D eigenvalue weighted by Crippen LogP contribution is 2.35. The topological polar surface area (TPSA) is 30.5 Å². The third-order valence-corrected chi connectivity index (χ3v) is 4.63. The van der Waals surface area contributed by atoms with Crippen LogP contribution in [-0.4, -0.2) is 14.2 Å². The zero-order valence-corrected chi connectivity index (χ0v) is 14.5. The summed E-state index contributed by atoms with van der Waals surface area (Å²) in [5, 5.41) is 4.10. The van der Waals surface area contributed by atoms with Crippen molar-refractivity contribution in [2.75, 3.05) is 19.5 Å². The molecule has 21 heavy (non-hydrogen) atoms. The van der Waals surface area contributed by atoms with Gasteiger partial charge in [-0.3, -0.25) is 0 Å². The van der Waals surface area contributed by atoms with E-state index in [0.717, 1.165) is 27.2 Å². The largest absolute Gasteiger partial charge is 0.497 e. The minimum atomic E-state index is 0.0561. The molecule has 1 unspecified atom stereocenters. The fourth-order valence-electron chi connectivity index (χ4n) is 2.10. The van der Waals surface area contributed by atoms with Crippen molar-refractivity contribution in [3.63, 3.8) is 0 Å². The summed E-state index contributed by atoms with van der Waals surface area (Å²) >= 11 is 9.61. The molecule has 0 amide bonds. The molecule has 0 aliphatic carbocycles. The molecule has 2 rings (SSSR count). The summed E-state index contributed by atoms with van der Waals surface area (Å²) in [6.45, 7) is 2.07. The molecular formula is C16H17BrClNO2. The van der Waals surface area contributed by atoms with Crippen LogP contribution < -0.4 is 14.8 Å². The van der Waals surface area contributed by atoms with Gasteiger partial charge in [0.25, 0.3) is 0 Å². The van der Waals surface area contributed by atoms with Gasteiger partial charge in [0.1, 0.15) is 11.5 Å². The van der Waals surface area contributed by atoms with Crippen LogP contribution in [0.5, 0.6) is 11.5 Å². The van der Waals surface area contributed by atoms with Crippen molar-refractivity contribution in [1.29, 1.82) is 0 Å². The Kier molecular flexibility index (Phi) is 5.37. The van der Waals surface area contributed by atoms with Crippen LogP contribution >= 0.6 is 27.5 Å². The first-order chi connectivity index (χ1) is 10.1. The van der Waals surface area contributed by atoms with Gasteiger partial charge < -0.3 is 14.8 Å². The van der Waals surface area contributed by atoms with E-state index in [2.05, 4.69) is 28.2 Å². The van der Waals surface area contributed by atoms with E-state index >= 15 is 0 Å². The van der Waals surface area contributed by atoms with Crippen molar-refractivity contribution < 1.29 is 9.47 Å². The summed E-state index contributed by atoms with van der Waals surface area (Å²) in [6.07, 6.45) is 0. The molecule has 2 aromatic carbocycles. The molecule has 0 saturated carbocycles. The molecule has 2 aromatic rings. The number of ether oxygens (including phenoxy) is 2. The lowest BCUT2D eigenvalue weighted by atomic mass is 10.1. The molecule has 0 aromatic heterocycles. The third-order valence-electron chi connectivity index (χ3n) is 3.23. The maximum absolute atomic E-state index is 6.11. The fraction of sp³-hybridized carbons (Fsp3) is 0.250. The second-order valence-electron chi connectivity index (χ2n) is 4.58. The average molecular weight is 371 g/mol. The van der Waals surface area contributed by atoms with Crippen LogP contribution in [0, 0.1) is 0 Å². The van der Waals surface area contributed by atoms with E-state index in [4.69, 9.17) is 21.1 Å². The summed E-state index contributed by atoms with van der Waals surface area (Å²) in [5.74, 6) is 1.55. The van der Waals surface area contributed by atoms with Crippen molar-refractivity contribution in [3.05, 3.63) is 51.5 Å². The monoisotopic (exact) mass is 369 g/mol. The Morgan fingerprint density at radius 2 is 1.90 bits per heavy atom. The number of methoxy groups -OCH3 is 2. The normalized spacial score (nSPS) is 11.9. The van der Waals surface area contributed by atoms with Gasteiger partial charge in [0, 0.05) is 11.6 Å². The first-order valence-corrected chi connectivity index (χ1v) is 7.66. The number of anilines is 1. The maximum atomic E-state index is 6.11. The number of hydrogen-bond acceptors (Lipinski definition) is 3. The molecule has 0 aliphatic rings. The van der Waals surface area contributed by atoms with E-state index in [1.54, 1.807) is 14.2 Å². The van der Waals surface area contributed by atoms with E-state index < -0.39 is 0 Å². The van der Waals surface area contributed by atoms with Gasteiger partial charge in [-0.2, -0.15) is 0 Å². The van der Waals surface area contributed by atoms with Crippen LogP contribution in [0.15, 0.2) is 40.9 Å². The van der Waals surface area contributed by atoms with Crippen LogP contribution in [0.25, 0.3) is 0 Å². The molecule has 0 heterocycles. The van der Waals surface area contributed by atoms with Crippen molar-refractivity contribution >= 4 is 33.2 Å². The van der Waals surface area contributed by atoms with Crippen molar-refractivity contribution in [1.82, 2.24) is 0 Å². The zero-order chi connectivity index (χ0) is 15.4. The SMILES string of the molecule is COc1ccc(C(C)Nc2cccc(Cl)c2Br)c(OC)c1. The summed E-state index contributed by atoms with van der Waals surface area (Å²) < 4.78 is 11.5. The first-order valence-electron chi connectivity index (χ1n) is 6.49. The molecule has 3 nitrogen and oxygen atoms in total. The first kappa shape index (κ1) is 16.0. The van der Waals surface area contributed by atoms with Gasteiger partial charge >= 0.3 is 0 Å². The molecule has 0 bridgehead atoms. The second-order valence-corrected chi connectivity index (χ2v) is 5.78. The lowest BCUT2D eigenvalue weighted by Crippen LogP contribution is -2.08. The molecule has 112 valence electrons. The Bertz CT molecular complexity index is 634. The summed E-state index contributed by atoms with van der Waals surface area (Å²) in [5.41, 5.74) is 1.98. The molecule has 0 spiro atoms. The predicted molar refractivity (Wildman–Crippen MR) is 90.7 cm³/mol. The van der Waals surface area contributed by atoms with Crippen LogP contribution in [0.4, 0.5) is 5.69 Å².